The molecule has 0 aromatic heterocycles. The second kappa shape index (κ2) is 4.34. The van der Waals surface area contributed by atoms with Crippen molar-refractivity contribution in [2.75, 3.05) is 6.61 Å². The fourth-order valence-corrected chi connectivity index (χ4v) is 6.43. The summed E-state index contributed by atoms with van der Waals surface area (Å²) in [5.74, 6) is -0.0436. The van der Waals surface area contributed by atoms with Crippen LogP contribution in [0.4, 0.5) is 0 Å². The van der Waals surface area contributed by atoms with E-state index in [1.807, 2.05) is 0 Å². The van der Waals surface area contributed by atoms with Crippen LogP contribution < -0.4 is 0 Å². The Labute approximate surface area is 128 Å². The molecular weight excluding hydrogens is 264 g/mol. The summed E-state index contributed by atoms with van der Waals surface area (Å²) in [5, 5.41) is 0. The molecule has 4 aliphatic carbocycles. The van der Waals surface area contributed by atoms with Gasteiger partial charge in [0.05, 0.1) is 5.60 Å². The third-order valence-corrected chi connectivity index (χ3v) is 6.24. The van der Waals surface area contributed by atoms with E-state index in [4.69, 9.17) is 9.47 Å². The molecule has 3 unspecified atom stereocenters. The average Bonchev–Trinajstić information content (AvgIpc) is 2.33. The lowest BCUT2D eigenvalue weighted by Gasteiger charge is -2.70. The highest BCUT2D eigenvalue weighted by atomic mass is 16.6. The molecule has 4 rings (SSSR count). The van der Waals surface area contributed by atoms with Gasteiger partial charge in [-0.25, -0.2) is 4.79 Å². The smallest absolute Gasteiger partial charge is 0.330 e. The minimum Gasteiger partial charge on any atom is -0.455 e. The molecule has 0 amide bonds. The minimum atomic E-state index is -0.376. The summed E-state index contributed by atoms with van der Waals surface area (Å²) in [7, 11) is 0. The summed E-state index contributed by atoms with van der Waals surface area (Å²) >= 11 is 0. The Bertz CT molecular complexity index is 463. The Morgan fingerprint density at radius 3 is 2.14 bits per heavy atom. The van der Waals surface area contributed by atoms with Gasteiger partial charge >= 0.3 is 5.97 Å². The third-order valence-electron chi connectivity index (χ3n) is 6.24. The Morgan fingerprint density at radius 1 is 1.14 bits per heavy atom. The van der Waals surface area contributed by atoms with Gasteiger partial charge in [-0.15, -0.1) is 0 Å². The molecule has 3 nitrogen and oxygen atoms in total. The quantitative estimate of drug-likeness (QED) is 0.583. The number of esters is 1. The van der Waals surface area contributed by atoms with E-state index in [-0.39, 0.29) is 33.9 Å². The van der Waals surface area contributed by atoms with Gasteiger partial charge in [-0.2, -0.15) is 0 Å². The first-order valence-electron chi connectivity index (χ1n) is 8.20. The van der Waals surface area contributed by atoms with E-state index >= 15 is 0 Å². The lowest BCUT2D eigenvalue weighted by atomic mass is 9.39. The second-order valence-electron chi connectivity index (χ2n) is 8.41. The first-order valence-corrected chi connectivity index (χ1v) is 8.20. The van der Waals surface area contributed by atoms with Gasteiger partial charge in [0.1, 0.15) is 5.60 Å². The summed E-state index contributed by atoms with van der Waals surface area (Å²) in [6.07, 6.45) is 6.63. The standard InChI is InChI=1S/C18H28O3/c1-6-14(19)21-18-11-15(4)8-16(5,12-18)10-17(9-15,13(18)3)20-7-2/h6,13H,1,7-12H2,2-5H3. The predicted octanol–water partition coefficient (Wildman–Crippen LogP) is 3.87. The highest BCUT2D eigenvalue weighted by Crippen LogP contribution is 2.71. The maximum atomic E-state index is 11.9. The SMILES string of the molecule is C=CC(=O)OC12CC3(C)CC(C)(CC(OCC)(C3)C1C)C2. The van der Waals surface area contributed by atoms with Crippen LogP contribution in [0.1, 0.15) is 59.8 Å². The molecule has 4 aliphatic rings. The van der Waals surface area contributed by atoms with Crippen LogP contribution in [0.3, 0.4) is 0 Å². The zero-order valence-electron chi connectivity index (χ0n) is 13.8. The third kappa shape index (κ3) is 2.08. The fourth-order valence-electron chi connectivity index (χ4n) is 6.43. The second-order valence-corrected chi connectivity index (χ2v) is 8.41. The molecule has 4 fully saturated rings. The summed E-state index contributed by atoms with van der Waals surface area (Å²) in [6, 6.07) is 0. The lowest BCUT2D eigenvalue weighted by Crippen LogP contribution is -2.72. The molecule has 4 saturated carbocycles. The van der Waals surface area contributed by atoms with E-state index in [1.54, 1.807) is 0 Å². The van der Waals surface area contributed by atoms with Crippen molar-refractivity contribution in [1.29, 1.82) is 0 Å². The molecule has 118 valence electrons. The van der Waals surface area contributed by atoms with Crippen molar-refractivity contribution in [3.8, 4) is 0 Å². The van der Waals surface area contributed by atoms with Crippen LogP contribution in [-0.2, 0) is 14.3 Å². The molecule has 0 aromatic carbocycles. The van der Waals surface area contributed by atoms with E-state index < -0.39 is 0 Å². The number of carbonyl (C=O) groups is 1. The summed E-state index contributed by atoms with van der Waals surface area (Å²) in [4.78, 5) is 11.9. The highest BCUT2D eigenvalue weighted by molar-refractivity contribution is 5.81. The van der Waals surface area contributed by atoms with Crippen molar-refractivity contribution in [2.45, 2.75) is 71.0 Å². The summed E-state index contributed by atoms with van der Waals surface area (Å²) < 4.78 is 12.3. The van der Waals surface area contributed by atoms with E-state index in [2.05, 4.69) is 34.3 Å². The van der Waals surface area contributed by atoms with Crippen molar-refractivity contribution in [3.05, 3.63) is 12.7 Å². The van der Waals surface area contributed by atoms with Crippen LogP contribution in [-0.4, -0.2) is 23.8 Å². The molecule has 0 radical (unpaired) electrons. The molecule has 3 atom stereocenters. The van der Waals surface area contributed by atoms with Crippen molar-refractivity contribution in [3.63, 3.8) is 0 Å². The first kappa shape index (κ1) is 15.1. The highest BCUT2D eigenvalue weighted by Gasteiger charge is 2.71. The number of rotatable bonds is 4. The van der Waals surface area contributed by atoms with Gasteiger partial charge in [-0.1, -0.05) is 27.4 Å². The number of hydrogen-bond donors (Lipinski definition) is 0. The molecule has 0 aromatic rings. The van der Waals surface area contributed by atoms with Gasteiger partial charge in [-0.05, 0) is 49.9 Å². The number of ether oxygens (including phenoxy) is 2. The minimum absolute atomic E-state index is 0.131. The van der Waals surface area contributed by atoms with Gasteiger partial charge < -0.3 is 9.47 Å². The van der Waals surface area contributed by atoms with E-state index in [0.717, 1.165) is 32.3 Å². The molecule has 0 spiro atoms. The fraction of sp³-hybridized carbons (Fsp3) is 0.833. The lowest BCUT2D eigenvalue weighted by molar-refractivity contribution is -0.301. The van der Waals surface area contributed by atoms with Gasteiger partial charge in [-0.3, -0.25) is 0 Å². The van der Waals surface area contributed by atoms with Crippen molar-refractivity contribution in [2.24, 2.45) is 16.7 Å². The van der Waals surface area contributed by atoms with Gasteiger partial charge in [0.25, 0.3) is 0 Å². The number of hydrogen-bond acceptors (Lipinski definition) is 3. The van der Waals surface area contributed by atoms with Crippen LogP contribution in [0.15, 0.2) is 12.7 Å². The van der Waals surface area contributed by atoms with Crippen molar-refractivity contribution in [1.82, 2.24) is 0 Å². The Hall–Kier alpha value is -0.830. The largest absolute Gasteiger partial charge is 0.455 e. The molecule has 0 N–H and O–H groups in total. The zero-order chi connectivity index (χ0) is 15.5. The molecule has 21 heavy (non-hydrogen) atoms. The Morgan fingerprint density at radius 2 is 1.67 bits per heavy atom. The van der Waals surface area contributed by atoms with Gasteiger partial charge in [0.2, 0.25) is 0 Å². The van der Waals surface area contributed by atoms with E-state index in [1.165, 1.54) is 12.5 Å². The van der Waals surface area contributed by atoms with Gasteiger partial charge in [0, 0.05) is 18.6 Å². The Balaban J connectivity index is 2.05. The molecule has 3 heteroatoms. The molecule has 4 bridgehead atoms. The topological polar surface area (TPSA) is 35.5 Å². The van der Waals surface area contributed by atoms with Gasteiger partial charge in [0.15, 0.2) is 0 Å². The zero-order valence-corrected chi connectivity index (χ0v) is 13.8. The van der Waals surface area contributed by atoms with Crippen LogP contribution >= 0.6 is 0 Å². The summed E-state index contributed by atoms with van der Waals surface area (Å²) in [5.41, 5.74) is -0.0735. The molecule has 0 heterocycles. The van der Waals surface area contributed by atoms with Crippen molar-refractivity contribution < 1.29 is 14.3 Å². The first-order chi connectivity index (χ1) is 9.71. The van der Waals surface area contributed by atoms with Crippen LogP contribution in [0, 0.1) is 16.7 Å². The monoisotopic (exact) mass is 292 g/mol. The van der Waals surface area contributed by atoms with Crippen molar-refractivity contribution >= 4 is 5.97 Å². The maximum Gasteiger partial charge on any atom is 0.330 e. The normalized spacial score (nSPS) is 51.0. The molecule has 0 saturated heterocycles. The maximum absolute atomic E-state index is 11.9. The molecular formula is C18H28O3. The molecule has 0 aliphatic heterocycles. The van der Waals surface area contributed by atoms with Crippen LogP contribution in [0.5, 0.6) is 0 Å². The predicted molar refractivity (Wildman–Crippen MR) is 81.8 cm³/mol. The van der Waals surface area contributed by atoms with Crippen LogP contribution in [0.2, 0.25) is 0 Å². The van der Waals surface area contributed by atoms with E-state index in [0.29, 0.717) is 0 Å². The number of carbonyl (C=O) groups excluding carboxylic acids is 1. The average molecular weight is 292 g/mol. The van der Waals surface area contributed by atoms with Crippen LogP contribution in [0.25, 0.3) is 0 Å². The van der Waals surface area contributed by atoms with E-state index in [9.17, 15) is 4.79 Å². The Kier molecular flexibility index (Phi) is 3.12. The summed E-state index contributed by atoms with van der Waals surface area (Å²) in [6.45, 7) is 13.3.